The molecule has 2 N–H and O–H groups in total. The summed E-state index contributed by atoms with van der Waals surface area (Å²) >= 11 is 0. The van der Waals surface area contributed by atoms with Crippen molar-refractivity contribution < 1.29 is 4.79 Å². The van der Waals surface area contributed by atoms with E-state index in [1.54, 1.807) is 0 Å². The molecule has 1 heterocycles. The van der Waals surface area contributed by atoms with Crippen LogP contribution in [0.2, 0.25) is 0 Å². The summed E-state index contributed by atoms with van der Waals surface area (Å²) in [4.78, 5) is 14.4. The van der Waals surface area contributed by atoms with E-state index >= 15 is 0 Å². The monoisotopic (exact) mass is 275 g/mol. The molecule has 1 aromatic heterocycles. The highest BCUT2D eigenvalue weighted by Gasteiger charge is 2.31. The first kappa shape index (κ1) is 13.7. The van der Waals surface area contributed by atoms with Gasteiger partial charge >= 0.3 is 0 Å². The Kier molecular flexibility index (Phi) is 3.83. The van der Waals surface area contributed by atoms with E-state index < -0.39 is 0 Å². The maximum atomic E-state index is 12.4. The predicted octanol–water partition coefficient (Wildman–Crippen LogP) is 2.23. The SMILES string of the molecule is CCN(C(=O)Cn1cc2c(c1)C(N)CCCC2)C1CC1. The third-order valence-electron chi connectivity index (χ3n) is 4.57. The van der Waals surface area contributed by atoms with Crippen LogP contribution in [0, 0.1) is 0 Å². The van der Waals surface area contributed by atoms with Crippen LogP contribution in [0.3, 0.4) is 0 Å². The first-order valence-corrected chi connectivity index (χ1v) is 7.92. The van der Waals surface area contributed by atoms with Crippen LogP contribution in [0.25, 0.3) is 0 Å². The van der Waals surface area contributed by atoms with Crippen molar-refractivity contribution in [1.29, 1.82) is 0 Å². The van der Waals surface area contributed by atoms with Crippen LogP contribution in [0.4, 0.5) is 0 Å². The van der Waals surface area contributed by atoms with Crippen molar-refractivity contribution in [2.24, 2.45) is 5.73 Å². The van der Waals surface area contributed by atoms with Gasteiger partial charge in [0.1, 0.15) is 6.54 Å². The van der Waals surface area contributed by atoms with E-state index in [9.17, 15) is 4.79 Å². The molecule has 110 valence electrons. The summed E-state index contributed by atoms with van der Waals surface area (Å²) < 4.78 is 2.04. The number of fused-ring (bicyclic) bond motifs is 1. The Morgan fingerprint density at radius 3 is 2.85 bits per heavy atom. The van der Waals surface area contributed by atoms with Gasteiger partial charge in [0.05, 0.1) is 0 Å². The maximum absolute atomic E-state index is 12.4. The number of likely N-dealkylation sites (N-methyl/N-ethyl adjacent to an activating group) is 1. The van der Waals surface area contributed by atoms with Crippen molar-refractivity contribution in [2.45, 2.75) is 64.1 Å². The molecule has 1 unspecified atom stereocenters. The number of aromatic nitrogens is 1. The minimum absolute atomic E-state index is 0.148. The molecular formula is C16H25N3O. The highest BCUT2D eigenvalue weighted by Crippen LogP contribution is 2.29. The zero-order valence-electron chi connectivity index (χ0n) is 12.3. The van der Waals surface area contributed by atoms with Crippen molar-refractivity contribution in [3.8, 4) is 0 Å². The van der Waals surface area contributed by atoms with Crippen LogP contribution in [0.1, 0.15) is 56.2 Å². The van der Waals surface area contributed by atoms with Gasteiger partial charge in [0.15, 0.2) is 0 Å². The highest BCUT2D eigenvalue weighted by molar-refractivity contribution is 5.76. The average Bonchev–Trinajstić information content (AvgIpc) is 3.19. The lowest BCUT2D eigenvalue weighted by Crippen LogP contribution is -2.35. The predicted molar refractivity (Wildman–Crippen MR) is 79.3 cm³/mol. The second-order valence-electron chi connectivity index (χ2n) is 6.17. The van der Waals surface area contributed by atoms with Gasteiger partial charge in [0.25, 0.3) is 0 Å². The van der Waals surface area contributed by atoms with E-state index in [0.29, 0.717) is 12.6 Å². The number of rotatable bonds is 4. The van der Waals surface area contributed by atoms with Crippen molar-refractivity contribution in [2.75, 3.05) is 6.54 Å². The molecule has 0 bridgehead atoms. The van der Waals surface area contributed by atoms with E-state index in [1.807, 2.05) is 9.47 Å². The number of hydrogen-bond donors (Lipinski definition) is 1. The van der Waals surface area contributed by atoms with Crippen LogP contribution >= 0.6 is 0 Å². The average molecular weight is 275 g/mol. The Hall–Kier alpha value is -1.29. The zero-order chi connectivity index (χ0) is 14.1. The Bertz CT molecular complexity index is 490. The van der Waals surface area contributed by atoms with E-state index in [2.05, 4.69) is 19.3 Å². The van der Waals surface area contributed by atoms with E-state index in [0.717, 1.165) is 19.4 Å². The Morgan fingerprint density at radius 2 is 2.15 bits per heavy atom. The second kappa shape index (κ2) is 5.60. The summed E-state index contributed by atoms with van der Waals surface area (Å²) in [6.07, 6.45) is 11.2. The number of hydrogen-bond acceptors (Lipinski definition) is 2. The fourth-order valence-electron chi connectivity index (χ4n) is 3.31. The minimum Gasteiger partial charge on any atom is -0.344 e. The van der Waals surface area contributed by atoms with Crippen LogP contribution in [-0.2, 0) is 17.8 Å². The quantitative estimate of drug-likeness (QED) is 0.857. The fourth-order valence-corrected chi connectivity index (χ4v) is 3.31. The molecule has 1 aromatic rings. The summed E-state index contributed by atoms with van der Waals surface area (Å²) in [6.45, 7) is 3.35. The number of carbonyl (C=O) groups excluding carboxylic acids is 1. The van der Waals surface area contributed by atoms with Crippen LogP contribution in [-0.4, -0.2) is 28.0 Å². The first-order chi connectivity index (χ1) is 9.69. The molecule has 1 saturated carbocycles. The van der Waals surface area contributed by atoms with Crippen molar-refractivity contribution in [1.82, 2.24) is 9.47 Å². The van der Waals surface area contributed by atoms with Gasteiger partial charge in [-0.05, 0) is 50.2 Å². The highest BCUT2D eigenvalue weighted by atomic mass is 16.2. The molecule has 0 aromatic carbocycles. The van der Waals surface area contributed by atoms with E-state index in [1.165, 1.54) is 36.8 Å². The van der Waals surface area contributed by atoms with Crippen LogP contribution in [0.5, 0.6) is 0 Å². The summed E-state index contributed by atoms with van der Waals surface area (Å²) in [5.74, 6) is 0.244. The summed E-state index contributed by atoms with van der Waals surface area (Å²) in [7, 11) is 0. The number of aryl methyl sites for hydroxylation is 1. The number of nitrogens with zero attached hydrogens (tertiary/aromatic N) is 2. The molecule has 0 aliphatic heterocycles. The van der Waals surface area contributed by atoms with Crippen LogP contribution in [0.15, 0.2) is 12.4 Å². The number of amides is 1. The molecule has 4 nitrogen and oxygen atoms in total. The van der Waals surface area contributed by atoms with Crippen molar-refractivity contribution in [3.05, 3.63) is 23.5 Å². The van der Waals surface area contributed by atoms with Crippen molar-refractivity contribution in [3.63, 3.8) is 0 Å². The van der Waals surface area contributed by atoms with Gasteiger partial charge in [0, 0.05) is 31.0 Å². The number of nitrogens with two attached hydrogens (primary N) is 1. The molecule has 1 fully saturated rings. The normalized spacial score (nSPS) is 22.2. The third kappa shape index (κ3) is 2.75. The molecule has 2 aliphatic carbocycles. The standard InChI is InChI=1S/C16H25N3O/c1-2-19(13-7-8-13)16(20)11-18-9-12-5-3-4-6-15(17)14(12)10-18/h9-10,13,15H,2-8,11,17H2,1H3. The number of carbonyl (C=O) groups is 1. The molecule has 20 heavy (non-hydrogen) atoms. The molecular weight excluding hydrogens is 250 g/mol. The Morgan fingerprint density at radius 1 is 1.35 bits per heavy atom. The topological polar surface area (TPSA) is 51.3 Å². The molecule has 2 aliphatic rings. The molecule has 4 heteroatoms. The lowest BCUT2D eigenvalue weighted by Gasteiger charge is -2.20. The molecule has 1 amide bonds. The van der Waals surface area contributed by atoms with Crippen LogP contribution < -0.4 is 5.73 Å². The Balaban J connectivity index is 1.71. The molecule has 1 atom stereocenters. The second-order valence-corrected chi connectivity index (χ2v) is 6.17. The zero-order valence-corrected chi connectivity index (χ0v) is 12.3. The fraction of sp³-hybridized carbons (Fsp3) is 0.688. The lowest BCUT2D eigenvalue weighted by molar-refractivity contribution is -0.132. The van der Waals surface area contributed by atoms with Gasteiger partial charge in [-0.25, -0.2) is 0 Å². The first-order valence-electron chi connectivity index (χ1n) is 7.92. The molecule has 0 spiro atoms. The van der Waals surface area contributed by atoms with Gasteiger partial charge in [-0.3, -0.25) is 4.79 Å². The molecule has 0 saturated heterocycles. The van der Waals surface area contributed by atoms with Crippen molar-refractivity contribution >= 4 is 5.91 Å². The maximum Gasteiger partial charge on any atom is 0.242 e. The third-order valence-corrected chi connectivity index (χ3v) is 4.57. The van der Waals surface area contributed by atoms with E-state index in [4.69, 9.17) is 5.73 Å². The molecule has 0 radical (unpaired) electrons. The largest absolute Gasteiger partial charge is 0.344 e. The smallest absolute Gasteiger partial charge is 0.242 e. The lowest BCUT2D eigenvalue weighted by atomic mass is 10.1. The van der Waals surface area contributed by atoms with Gasteiger partial charge in [0.2, 0.25) is 5.91 Å². The van der Waals surface area contributed by atoms with Gasteiger partial charge in [-0.15, -0.1) is 0 Å². The summed E-state index contributed by atoms with van der Waals surface area (Å²) in [6, 6.07) is 0.651. The van der Waals surface area contributed by atoms with E-state index in [-0.39, 0.29) is 11.9 Å². The Labute approximate surface area is 120 Å². The van der Waals surface area contributed by atoms with Gasteiger partial charge in [-0.1, -0.05) is 6.42 Å². The molecule has 3 rings (SSSR count). The van der Waals surface area contributed by atoms with Gasteiger partial charge < -0.3 is 15.2 Å². The minimum atomic E-state index is 0.148. The van der Waals surface area contributed by atoms with Gasteiger partial charge in [-0.2, -0.15) is 0 Å². The summed E-state index contributed by atoms with van der Waals surface area (Å²) in [5, 5.41) is 0. The summed E-state index contributed by atoms with van der Waals surface area (Å²) in [5.41, 5.74) is 8.83.